The Balaban J connectivity index is 1.85. The minimum atomic E-state index is -0.737. The third kappa shape index (κ3) is 2.66. The van der Waals surface area contributed by atoms with Crippen LogP contribution in [0.25, 0.3) is 0 Å². The zero-order chi connectivity index (χ0) is 15.0. The highest BCUT2D eigenvalue weighted by Gasteiger charge is 2.44. The minimum Gasteiger partial charge on any atom is -0.481 e. The van der Waals surface area contributed by atoms with Gasteiger partial charge in [0, 0.05) is 25.1 Å². The largest absolute Gasteiger partial charge is 0.481 e. The van der Waals surface area contributed by atoms with Gasteiger partial charge >= 0.3 is 5.97 Å². The zero-order valence-electron chi connectivity index (χ0n) is 12.3. The Hall–Kier alpha value is -1.85. The Kier molecular flexibility index (Phi) is 3.47. The Labute approximate surface area is 123 Å². The van der Waals surface area contributed by atoms with Crippen molar-refractivity contribution in [2.24, 2.45) is 5.41 Å². The summed E-state index contributed by atoms with van der Waals surface area (Å²) in [5.41, 5.74) is -0.844. The maximum atomic E-state index is 11.8. The van der Waals surface area contributed by atoms with Gasteiger partial charge in [0.25, 0.3) is 5.56 Å². The number of nitrogens with one attached hydrogen (secondary N) is 1. The molecule has 2 heterocycles. The third-order valence-corrected chi connectivity index (χ3v) is 4.57. The molecule has 2 fully saturated rings. The molecule has 0 amide bonds. The van der Waals surface area contributed by atoms with Crippen LogP contribution in [0.15, 0.2) is 10.9 Å². The summed E-state index contributed by atoms with van der Waals surface area (Å²) < 4.78 is 0. The van der Waals surface area contributed by atoms with Crippen LogP contribution in [0.4, 0.5) is 5.82 Å². The van der Waals surface area contributed by atoms with Gasteiger partial charge < -0.3 is 15.0 Å². The fourth-order valence-corrected chi connectivity index (χ4v) is 3.21. The summed E-state index contributed by atoms with van der Waals surface area (Å²) in [5, 5.41) is 9.55. The van der Waals surface area contributed by atoms with Crippen molar-refractivity contribution >= 4 is 11.8 Å². The van der Waals surface area contributed by atoms with Crippen molar-refractivity contribution in [3.05, 3.63) is 22.2 Å². The summed E-state index contributed by atoms with van der Waals surface area (Å²) in [4.78, 5) is 32.7. The molecule has 21 heavy (non-hydrogen) atoms. The Morgan fingerprint density at radius 1 is 1.57 bits per heavy atom. The van der Waals surface area contributed by atoms with E-state index in [1.165, 1.54) is 6.07 Å². The quantitative estimate of drug-likeness (QED) is 0.862. The molecule has 0 radical (unpaired) electrons. The van der Waals surface area contributed by atoms with Gasteiger partial charge in [0.1, 0.15) is 11.6 Å². The average molecular weight is 291 g/mol. The second-order valence-corrected chi connectivity index (χ2v) is 6.27. The molecule has 1 aromatic heterocycles. The predicted octanol–water partition coefficient (Wildman–Crippen LogP) is 1.73. The van der Waals surface area contributed by atoms with E-state index in [4.69, 9.17) is 0 Å². The van der Waals surface area contributed by atoms with E-state index in [1.54, 1.807) is 0 Å². The van der Waals surface area contributed by atoms with E-state index in [2.05, 4.69) is 9.97 Å². The molecule has 0 aromatic carbocycles. The second-order valence-electron chi connectivity index (χ2n) is 6.27. The third-order valence-electron chi connectivity index (χ3n) is 4.57. The zero-order valence-corrected chi connectivity index (χ0v) is 12.3. The van der Waals surface area contributed by atoms with Crippen molar-refractivity contribution in [1.29, 1.82) is 0 Å². The minimum absolute atomic E-state index is 0.148. The number of hydrogen-bond donors (Lipinski definition) is 2. The first-order chi connectivity index (χ1) is 10.0. The summed E-state index contributed by atoms with van der Waals surface area (Å²) in [6, 6.07) is 1.48. The van der Waals surface area contributed by atoms with Crippen LogP contribution in [-0.4, -0.2) is 34.1 Å². The lowest BCUT2D eigenvalue weighted by molar-refractivity contribution is -0.148. The first-order valence-corrected chi connectivity index (χ1v) is 7.64. The first-order valence-electron chi connectivity index (χ1n) is 7.64. The number of carboxylic acid groups (broad SMARTS) is 1. The van der Waals surface area contributed by atoms with E-state index in [1.807, 2.05) is 11.8 Å². The van der Waals surface area contributed by atoms with Crippen molar-refractivity contribution in [3.8, 4) is 0 Å². The van der Waals surface area contributed by atoms with Gasteiger partial charge in [-0.15, -0.1) is 0 Å². The summed E-state index contributed by atoms with van der Waals surface area (Å²) in [6.45, 7) is 3.09. The number of aromatic nitrogens is 2. The molecular formula is C15H21N3O3. The van der Waals surface area contributed by atoms with Gasteiger partial charge in [0.2, 0.25) is 0 Å². The number of H-pyrrole nitrogens is 1. The van der Waals surface area contributed by atoms with E-state index >= 15 is 0 Å². The van der Waals surface area contributed by atoms with E-state index in [0.717, 1.165) is 25.1 Å². The van der Waals surface area contributed by atoms with Gasteiger partial charge in [-0.05, 0) is 25.7 Å². The average Bonchev–Trinajstić information content (AvgIpc) is 3.19. The number of carboxylic acids is 1. The number of carbonyl (C=O) groups is 1. The van der Waals surface area contributed by atoms with Crippen LogP contribution < -0.4 is 10.5 Å². The Bertz CT molecular complexity index is 608. The summed E-state index contributed by atoms with van der Waals surface area (Å²) in [7, 11) is 0. The van der Waals surface area contributed by atoms with E-state index in [9.17, 15) is 14.7 Å². The van der Waals surface area contributed by atoms with E-state index in [-0.39, 0.29) is 5.56 Å². The van der Waals surface area contributed by atoms with Gasteiger partial charge in [0.15, 0.2) is 0 Å². The molecule has 6 heteroatoms. The van der Waals surface area contributed by atoms with Crippen molar-refractivity contribution in [1.82, 2.24) is 9.97 Å². The molecule has 1 atom stereocenters. The highest BCUT2D eigenvalue weighted by Crippen LogP contribution is 2.40. The molecule has 0 spiro atoms. The van der Waals surface area contributed by atoms with Crippen LogP contribution in [0.3, 0.4) is 0 Å². The fraction of sp³-hybridized carbons (Fsp3) is 0.667. The van der Waals surface area contributed by atoms with E-state index < -0.39 is 11.4 Å². The summed E-state index contributed by atoms with van der Waals surface area (Å²) in [6.07, 6.45) is 4.26. The van der Waals surface area contributed by atoms with Crippen LogP contribution in [0.1, 0.15) is 50.8 Å². The van der Waals surface area contributed by atoms with Crippen molar-refractivity contribution in [2.45, 2.75) is 44.9 Å². The molecule has 114 valence electrons. The maximum Gasteiger partial charge on any atom is 0.311 e. The lowest BCUT2D eigenvalue weighted by Crippen LogP contribution is -2.35. The van der Waals surface area contributed by atoms with Crippen LogP contribution in [0.5, 0.6) is 0 Å². The predicted molar refractivity (Wildman–Crippen MR) is 78.6 cm³/mol. The lowest BCUT2D eigenvalue weighted by Gasteiger charge is -2.24. The maximum absolute atomic E-state index is 11.8. The number of anilines is 1. The van der Waals surface area contributed by atoms with Gasteiger partial charge in [-0.2, -0.15) is 0 Å². The van der Waals surface area contributed by atoms with Crippen molar-refractivity contribution in [2.75, 3.05) is 18.0 Å². The number of aliphatic carboxylic acids is 1. The molecule has 1 unspecified atom stereocenters. The van der Waals surface area contributed by atoms with Gasteiger partial charge in [-0.3, -0.25) is 9.59 Å². The molecule has 2 aliphatic rings. The molecule has 1 saturated carbocycles. The summed E-state index contributed by atoms with van der Waals surface area (Å²) in [5.74, 6) is 1.01. The molecule has 6 nitrogen and oxygen atoms in total. The Morgan fingerprint density at radius 2 is 2.33 bits per heavy atom. The standard InChI is InChI=1S/C15H21N3O3/c1-2-5-15(14(20)21)6-7-18(9-15)11-8-12(19)17-13(16-11)10-3-4-10/h8,10H,2-7,9H2,1H3,(H,20,21)(H,16,17,19). The molecule has 1 saturated heterocycles. The number of hydrogen-bond acceptors (Lipinski definition) is 4. The molecule has 1 aliphatic heterocycles. The molecule has 1 aromatic rings. The molecule has 0 bridgehead atoms. The number of nitrogens with zero attached hydrogens (tertiary/aromatic N) is 2. The monoisotopic (exact) mass is 291 g/mol. The topological polar surface area (TPSA) is 86.3 Å². The second kappa shape index (κ2) is 5.16. The Morgan fingerprint density at radius 3 is 2.95 bits per heavy atom. The van der Waals surface area contributed by atoms with Crippen LogP contribution >= 0.6 is 0 Å². The highest BCUT2D eigenvalue weighted by atomic mass is 16.4. The van der Waals surface area contributed by atoms with Gasteiger partial charge in [0.05, 0.1) is 5.41 Å². The van der Waals surface area contributed by atoms with Crippen LogP contribution in [0.2, 0.25) is 0 Å². The highest BCUT2D eigenvalue weighted by molar-refractivity contribution is 5.76. The molecule has 1 aliphatic carbocycles. The van der Waals surface area contributed by atoms with Gasteiger partial charge in [-0.25, -0.2) is 4.98 Å². The van der Waals surface area contributed by atoms with Crippen LogP contribution in [0, 0.1) is 5.41 Å². The normalized spacial score (nSPS) is 25.3. The SMILES string of the molecule is CCCC1(C(=O)O)CCN(c2cc(=O)[nH]c(C3CC3)n2)C1. The van der Waals surface area contributed by atoms with Crippen molar-refractivity contribution < 1.29 is 9.90 Å². The number of rotatable bonds is 5. The summed E-state index contributed by atoms with van der Waals surface area (Å²) >= 11 is 0. The number of aromatic amines is 1. The molecular weight excluding hydrogens is 270 g/mol. The first kappa shape index (κ1) is 14.1. The van der Waals surface area contributed by atoms with Crippen LogP contribution in [-0.2, 0) is 4.79 Å². The molecule has 2 N–H and O–H groups in total. The van der Waals surface area contributed by atoms with Gasteiger partial charge in [-0.1, -0.05) is 13.3 Å². The molecule has 3 rings (SSSR count). The smallest absolute Gasteiger partial charge is 0.311 e. The lowest BCUT2D eigenvalue weighted by atomic mass is 9.83. The fourth-order valence-electron chi connectivity index (χ4n) is 3.21. The van der Waals surface area contributed by atoms with Crippen molar-refractivity contribution in [3.63, 3.8) is 0 Å². The van der Waals surface area contributed by atoms with E-state index in [0.29, 0.717) is 37.7 Å².